The maximum Gasteiger partial charge on any atom is 0.234 e. The molecule has 9 heteroatoms. The van der Waals surface area contributed by atoms with Gasteiger partial charge in [-0.1, -0.05) is 5.16 Å². The highest BCUT2D eigenvalue weighted by Crippen LogP contribution is 2.38. The van der Waals surface area contributed by atoms with Gasteiger partial charge in [-0.15, -0.1) is 24.2 Å². The number of thioether (sulfide) groups is 1. The molecular formula is C15H18ClN3O4S. The summed E-state index contributed by atoms with van der Waals surface area (Å²) in [6, 6.07) is 3.32. The summed E-state index contributed by atoms with van der Waals surface area (Å²) in [7, 11) is 0. The average Bonchev–Trinajstić information content (AvgIpc) is 3.08. The third-order valence-corrected chi connectivity index (χ3v) is 4.44. The van der Waals surface area contributed by atoms with Crippen LogP contribution in [-0.4, -0.2) is 23.6 Å². The molecule has 0 radical (unpaired) electrons. The highest BCUT2D eigenvalue weighted by atomic mass is 35.5. The Labute approximate surface area is 149 Å². The summed E-state index contributed by atoms with van der Waals surface area (Å²) in [4.78, 5) is 12.1. The van der Waals surface area contributed by atoms with Crippen LogP contribution in [-0.2, 0) is 10.5 Å². The van der Waals surface area contributed by atoms with Crippen molar-refractivity contribution in [2.45, 2.75) is 19.6 Å². The number of nitrogen functional groups attached to an aromatic ring is 1. The number of aryl methyl sites for hydroxylation is 2. The Kier molecular flexibility index (Phi) is 5.84. The van der Waals surface area contributed by atoms with Gasteiger partial charge < -0.3 is 25.0 Å². The number of aromatic nitrogens is 1. The lowest BCUT2D eigenvalue weighted by molar-refractivity contribution is -0.113. The fourth-order valence-electron chi connectivity index (χ4n) is 2.21. The molecule has 0 aliphatic carbocycles. The van der Waals surface area contributed by atoms with Crippen molar-refractivity contribution in [3.05, 3.63) is 29.2 Å². The van der Waals surface area contributed by atoms with Crippen LogP contribution in [0.15, 0.2) is 16.7 Å². The molecular weight excluding hydrogens is 354 g/mol. The molecule has 1 amide bonds. The van der Waals surface area contributed by atoms with Gasteiger partial charge in [0.15, 0.2) is 11.5 Å². The second-order valence-electron chi connectivity index (χ2n) is 5.14. The summed E-state index contributed by atoms with van der Waals surface area (Å²) in [5.41, 5.74) is 8.77. The molecule has 1 aliphatic rings. The lowest BCUT2D eigenvalue weighted by atomic mass is 10.2. The minimum absolute atomic E-state index is 0. The van der Waals surface area contributed by atoms with E-state index in [0.29, 0.717) is 34.4 Å². The first-order valence-corrected chi connectivity index (χ1v) is 8.18. The van der Waals surface area contributed by atoms with Gasteiger partial charge in [0.2, 0.25) is 12.7 Å². The molecule has 3 N–H and O–H groups in total. The van der Waals surface area contributed by atoms with E-state index in [-0.39, 0.29) is 25.1 Å². The number of hydrogen-bond acceptors (Lipinski definition) is 7. The lowest BCUT2D eigenvalue weighted by Gasteiger charge is -2.09. The highest BCUT2D eigenvalue weighted by Gasteiger charge is 2.17. The largest absolute Gasteiger partial charge is 0.454 e. The second kappa shape index (κ2) is 7.67. The van der Waals surface area contributed by atoms with E-state index in [9.17, 15) is 4.79 Å². The van der Waals surface area contributed by atoms with E-state index in [2.05, 4.69) is 10.5 Å². The molecule has 0 spiro atoms. The Morgan fingerprint density at radius 1 is 1.33 bits per heavy atom. The van der Waals surface area contributed by atoms with E-state index < -0.39 is 0 Å². The van der Waals surface area contributed by atoms with Gasteiger partial charge in [-0.2, -0.15) is 0 Å². The van der Waals surface area contributed by atoms with Crippen molar-refractivity contribution in [3.63, 3.8) is 0 Å². The van der Waals surface area contributed by atoms with Crippen molar-refractivity contribution in [3.8, 4) is 11.5 Å². The lowest BCUT2D eigenvalue weighted by Crippen LogP contribution is -2.15. The van der Waals surface area contributed by atoms with E-state index in [0.717, 1.165) is 17.0 Å². The molecule has 0 saturated carbocycles. The van der Waals surface area contributed by atoms with Gasteiger partial charge >= 0.3 is 0 Å². The van der Waals surface area contributed by atoms with Crippen LogP contribution in [0.2, 0.25) is 0 Å². The van der Waals surface area contributed by atoms with E-state index in [4.69, 9.17) is 19.7 Å². The Balaban J connectivity index is 0.00000208. The van der Waals surface area contributed by atoms with Crippen molar-refractivity contribution in [2.75, 3.05) is 23.6 Å². The molecule has 2 heterocycles. The Bertz CT molecular complexity index is 731. The maximum absolute atomic E-state index is 12.1. The minimum Gasteiger partial charge on any atom is -0.454 e. The monoisotopic (exact) mass is 371 g/mol. The van der Waals surface area contributed by atoms with Gasteiger partial charge in [0.25, 0.3) is 0 Å². The summed E-state index contributed by atoms with van der Waals surface area (Å²) in [5.74, 6) is 2.80. The van der Waals surface area contributed by atoms with E-state index in [1.165, 1.54) is 11.8 Å². The molecule has 0 saturated heterocycles. The summed E-state index contributed by atoms with van der Waals surface area (Å²) in [6.07, 6.45) is 0. The zero-order valence-corrected chi connectivity index (χ0v) is 14.9. The minimum atomic E-state index is -0.132. The van der Waals surface area contributed by atoms with Gasteiger partial charge in [0, 0.05) is 23.4 Å². The summed E-state index contributed by atoms with van der Waals surface area (Å²) >= 11 is 1.49. The molecule has 1 aromatic heterocycles. The van der Waals surface area contributed by atoms with Crippen molar-refractivity contribution in [1.82, 2.24) is 5.16 Å². The zero-order chi connectivity index (χ0) is 16.4. The maximum atomic E-state index is 12.1. The molecule has 1 aliphatic heterocycles. The number of ether oxygens (including phenoxy) is 2. The van der Waals surface area contributed by atoms with Gasteiger partial charge in [-0.05, 0) is 13.8 Å². The van der Waals surface area contributed by atoms with Crippen LogP contribution in [0.1, 0.15) is 17.0 Å². The summed E-state index contributed by atoms with van der Waals surface area (Å²) < 4.78 is 15.6. The molecule has 7 nitrogen and oxygen atoms in total. The Morgan fingerprint density at radius 3 is 2.71 bits per heavy atom. The van der Waals surface area contributed by atoms with Crippen molar-refractivity contribution >= 4 is 41.5 Å². The number of amides is 1. The molecule has 24 heavy (non-hydrogen) atoms. The van der Waals surface area contributed by atoms with Gasteiger partial charge in [-0.3, -0.25) is 4.79 Å². The number of nitrogens with zero attached hydrogens (tertiary/aromatic N) is 1. The molecule has 0 atom stereocenters. The van der Waals surface area contributed by atoms with Crippen LogP contribution in [0.25, 0.3) is 0 Å². The first-order valence-electron chi connectivity index (χ1n) is 7.03. The normalized spacial score (nSPS) is 11.9. The average molecular weight is 372 g/mol. The standard InChI is InChI=1S/C15H17N3O4S.ClH/c1-8-10(9(2)22-18-8)5-23-6-15(19)17-12-4-14-13(3-11(12)16)20-7-21-14;/h3-4H,5-7,16H2,1-2H3,(H,17,19);1H. The van der Waals surface area contributed by atoms with Crippen LogP contribution in [0.4, 0.5) is 11.4 Å². The molecule has 0 unspecified atom stereocenters. The quantitative estimate of drug-likeness (QED) is 0.779. The third kappa shape index (κ3) is 3.88. The fourth-order valence-corrected chi connectivity index (χ4v) is 3.18. The molecule has 0 bridgehead atoms. The van der Waals surface area contributed by atoms with Gasteiger partial charge in [0.05, 0.1) is 22.8 Å². The number of fused-ring (bicyclic) bond motifs is 1. The van der Waals surface area contributed by atoms with Crippen molar-refractivity contribution < 1.29 is 18.8 Å². The van der Waals surface area contributed by atoms with E-state index in [1.807, 2.05) is 13.8 Å². The Hall–Kier alpha value is -2.06. The number of nitrogens with two attached hydrogens (primary N) is 1. The second-order valence-corrected chi connectivity index (χ2v) is 6.12. The number of hydrogen-bond donors (Lipinski definition) is 2. The topological polar surface area (TPSA) is 99.6 Å². The van der Waals surface area contributed by atoms with E-state index in [1.54, 1.807) is 12.1 Å². The summed E-state index contributed by atoms with van der Waals surface area (Å²) in [5, 5.41) is 6.69. The summed E-state index contributed by atoms with van der Waals surface area (Å²) in [6.45, 7) is 3.92. The predicted molar refractivity (Wildman–Crippen MR) is 95.0 cm³/mol. The first kappa shape index (κ1) is 18.3. The first-order chi connectivity index (χ1) is 11.0. The molecule has 3 rings (SSSR count). The zero-order valence-electron chi connectivity index (χ0n) is 13.3. The SMILES string of the molecule is Cc1noc(C)c1CSCC(=O)Nc1cc2c(cc1N)OCO2.Cl. The van der Waals surface area contributed by atoms with Gasteiger partial charge in [0.1, 0.15) is 5.76 Å². The Morgan fingerprint density at radius 2 is 2.04 bits per heavy atom. The van der Waals surface area contributed by atoms with Gasteiger partial charge in [-0.25, -0.2) is 0 Å². The number of benzene rings is 1. The van der Waals surface area contributed by atoms with E-state index >= 15 is 0 Å². The smallest absolute Gasteiger partial charge is 0.234 e. The van der Waals surface area contributed by atoms with Crippen LogP contribution in [0.5, 0.6) is 11.5 Å². The highest BCUT2D eigenvalue weighted by molar-refractivity contribution is 7.99. The van der Waals surface area contributed by atoms with Crippen LogP contribution >= 0.6 is 24.2 Å². The predicted octanol–water partition coefficient (Wildman–Crippen LogP) is 2.90. The van der Waals surface area contributed by atoms with Crippen LogP contribution in [0.3, 0.4) is 0 Å². The van der Waals surface area contributed by atoms with Crippen LogP contribution < -0.4 is 20.5 Å². The van der Waals surface area contributed by atoms with Crippen LogP contribution in [0, 0.1) is 13.8 Å². The number of carbonyl (C=O) groups is 1. The number of rotatable bonds is 5. The molecule has 1 aromatic carbocycles. The molecule has 130 valence electrons. The van der Waals surface area contributed by atoms with Crippen molar-refractivity contribution in [1.29, 1.82) is 0 Å². The van der Waals surface area contributed by atoms with Crippen molar-refractivity contribution in [2.24, 2.45) is 0 Å². The number of nitrogens with one attached hydrogen (secondary N) is 1. The third-order valence-electron chi connectivity index (χ3n) is 3.48. The molecule has 0 fully saturated rings. The fraction of sp³-hybridized carbons (Fsp3) is 0.333. The number of halogens is 1. The number of carbonyl (C=O) groups excluding carboxylic acids is 1. The number of anilines is 2. The molecule has 2 aromatic rings.